The number of hydrogen-bond acceptors (Lipinski definition) is 4. The van der Waals surface area contributed by atoms with Crippen LogP contribution in [0, 0.1) is 0 Å². The van der Waals surface area contributed by atoms with E-state index in [0.717, 1.165) is 30.4 Å². The first-order chi connectivity index (χ1) is 8.16. The molecule has 17 heavy (non-hydrogen) atoms. The van der Waals surface area contributed by atoms with Crippen LogP contribution in [0.15, 0.2) is 16.9 Å². The highest BCUT2D eigenvalue weighted by Gasteiger charge is 2.19. The molecule has 92 valence electrons. The van der Waals surface area contributed by atoms with Gasteiger partial charge in [-0.05, 0) is 31.7 Å². The Morgan fingerprint density at radius 1 is 1.35 bits per heavy atom. The first-order valence-corrected chi connectivity index (χ1v) is 5.92. The van der Waals surface area contributed by atoms with Gasteiger partial charge in [0.05, 0.1) is 0 Å². The number of esters is 1. The standard InChI is InChI=1S/C12H16N2O3/c1-14-11(15)8-7-10(13-14)12(16)17-9-5-3-2-4-6-9/h7-9H,2-6H2,1H3. The molecule has 0 spiro atoms. The summed E-state index contributed by atoms with van der Waals surface area (Å²) in [4.78, 5) is 22.9. The van der Waals surface area contributed by atoms with Gasteiger partial charge in [-0.3, -0.25) is 4.79 Å². The number of aromatic nitrogens is 2. The molecule has 1 aliphatic carbocycles. The number of hydrogen-bond donors (Lipinski definition) is 0. The summed E-state index contributed by atoms with van der Waals surface area (Å²) in [6, 6.07) is 2.73. The Labute approximate surface area is 99.4 Å². The van der Waals surface area contributed by atoms with E-state index in [1.54, 1.807) is 0 Å². The largest absolute Gasteiger partial charge is 0.458 e. The van der Waals surface area contributed by atoms with Gasteiger partial charge in [-0.2, -0.15) is 5.10 Å². The lowest BCUT2D eigenvalue weighted by molar-refractivity contribution is 0.0202. The zero-order valence-electron chi connectivity index (χ0n) is 9.89. The predicted molar refractivity (Wildman–Crippen MR) is 61.8 cm³/mol. The van der Waals surface area contributed by atoms with Crippen molar-refractivity contribution in [3.05, 3.63) is 28.2 Å². The van der Waals surface area contributed by atoms with Crippen LogP contribution in [0.25, 0.3) is 0 Å². The highest BCUT2D eigenvalue weighted by molar-refractivity contribution is 5.87. The van der Waals surface area contributed by atoms with Crippen LogP contribution in [-0.2, 0) is 11.8 Å². The molecular formula is C12H16N2O3. The summed E-state index contributed by atoms with van der Waals surface area (Å²) in [5.74, 6) is -0.437. The van der Waals surface area contributed by atoms with Crippen molar-refractivity contribution in [2.24, 2.45) is 7.05 Å². The summed E-state index contributed by atoms with van der Waals surface area (Å²) in [6.07, 6.45) is 5.30. The van der Waals surface area contributed by atoms with Gasteiger partial charge in [-0.25, -0.2) is 9.48 Å². The molecule has 0 unspecified atom stereocenters. The van der Waals surface area contributed by atoms with Crippen LogP contribution in [0.3, 0.4) is 0 Å². The monoisotopic (exact) mass is 236 g/mol. The van der Waals surface area contributed by atoms with E-state index in [0.29, 0.717) is 0 Å². The Kier molecular flexibility index (Phi) is 3.56. The summed E-state index contributed by atoms with van der Waals surface area (Å²) >= 11 is 0. The molecule has 0 bridgehead atoms. The van der Waals surface area contributed by atoms with Gasteiger partial charge in [0, 0.05) is 13.1 Å². The lowest BCUT2D eigenvalue weighted by Crippen LogP contribution is -2.25. The molecule has 1 aliphatic rings. The Balaban J connectivity index is 2.03. The molecule has 0 atom stereocenters. The fraction of sp³-hybridized carbons (Fsp3) is 0.583. The third-order valence-corrected chi connectivity index (χ3v) is 3.00. The van der Waals surface area contributed by atoms with Gasteiger partial charge in [0.1, 0.15) is 6.10 Å². The molecule has 0 amide bonds. The normalized spacial score (nSPS) is 16.8. The van der Waals surface area contributed by atoms with Crippen LogP contribution in [0.4, 0.5) is 0 Å². The molecule has 1 heterocycles. The number of aryl methyl sites for hydroxylation is 1. The molecular weight excluding hydrogens is 220 g/mol. The molecule has 1 saturated carbocycles. The first-order valence-electron chi connectivity index (χ1n) is 5.92. The van der Waals surface area contributed by atoms with Crippen LogP contribution < -0.4 is 5.56 Å². The molecule has 0 N–H and O–H groups in total. The van der Waals surface area contributed by atoms with Gasteiger partial charge in [-0.1, -0.05) is 6.42 Å². The fourth-order valence-electron chi connectivity index (χ4n) is 2.01. The van der Waals surface area contributed by atoms with Crippen LogP contribution in [0.5, 0.6) is 0 Å². The second kappa shape index (κ2) is 5.12. The molecule has 2 rings (SSSR count). The molecule has 1 aromatic heterocycles. The molecule has 0 saturated heterocycles. The minimum absolute atomic E-state index is 0.00952. The Morgan fingerprint density at radius 3 is 2.71 bits per heavy atom. The van der Waals surface area contributed by atoms with Crippen molar-refractivity contribution in [1.82, 2.24) is 9.78 Å². The second-order valence-corrected chi connectivity index (χ2v) is 4.35. The second-order valence-electron chi connectivity index (χ2n) is 4.35. The van der Waals surface area contributed by atoms with Gasteiger partial charge >= 0.3 is 5.97 Å². The van der Waals surface area contributed by atoms with Crippen molar-refractivity contribution >= 4 is 5.97 Å². The summed E-state index contributed by atoms with van der Waals surface area (Å²) in [5, 5.41) is 3.87. The van der Waals surface area contributed by atoms with E-state index >= 15 is 0 Å². The summed E-state index contributed by atoms with van der Waals surface area (Å²) < 4.78 is 6.49. The average Bonchev–Trinajstić information content (AvgIpc) is 2.34. The van der Waals surface area contributed by atoms with Crippen molar-refractivity contribution in [2.45, 2.75) is 38.2 Å². The maximum Gasteiger partial charge on any atom is 0.359 e. The number of carbonyl (C=O) groups excluding carboxylic acids is 1. The van der Waals surface area contributed by atoms with Gasteiger partial charge in [0.25, 0.3) is 5.56 Å². The van der Waals surface area contributed by atoms with E-state index in [2.05, 4.69) is 5.10 Å². The van der Waals surface area contributed by atoms with Crippen molar-refractivity contribution in [2.75, 3.05) is 0 Å². The zero-order valence-corrected chi connectivity index (χ0v) is 9.89. The van der Waals surface area contributed by atoms with E-state index in [9.17, 15) is 9.59 Å². The minimum atomic E-state index is -0.437. The van der Waals surface area contributed by atoms with Crippen LogP contribution in [0.2, 0.25) is 0 Å². The maximum absolute atomic E-state index is 11.8. The van der Waals surface area contributed by atoms with Crippen LogP contribution in [-0.4, -0.2) is 21.9 Å². The van der Waals surface area contributed by atoms with E-state index in [-0.39, 0.29) is 17.4 Å². The highest BCUT2D eigenvalue weighted by Crippen LogP contribution is 2.20. The minimum Gasteiger partial charge on any atom is -0.458 e. The molecule has 1 aromatic rings. The smallest absolute Gasteiger partial charge is 0.359 e. The van der Waals surface area contributed by atoms with Crippen molar-refractivity contribution in [3.8, 4) is 0 Å². The average molecular weight is 236 g/mol. The number of carbonyl (C=O) groups is 1. The van der Waals surface area contributed by atoms with Crippen molar-refractivity contribution < 1.29 is 9.53 Å². The lowest BCUT2D eigenvalue weighted by Gasteiger charge is -2.21. The molecule has 0 aromatic carbocycles. The molecule has 5 nitrogen and oxygen atoms in total. The molecule has 0 radical (unpaired) electrons. The number of nitrogens with zero attached hydrogens (tertiary/aromatic N) is 2. The van der Waals surface area contributed by atoms with E-state index < -0.39 is 5.97 Å². The summed E-state index contributed by atoms with van der Waals surface area (Å²) in [5.41, 5.74) is -0.0445. The maximum atomic E-state index is 11.8. The van der Waals surface area contributed by atoms with Crippen molar-refractivity contribution in [1.29, 1.82) is 0 Å². The SMILES string of the molecule is Cn1nc(C(=O)OC2CCCCC2)ccc1=O. The van der Waals surface area contributed by atoms with Gasteiger partial charge in [-0.15, -0.1) is 0 Å². The van der Waals surface area contributed by atoms with Gasteiger partial charge in [0.2, 0.25) is 0 Å². The summed E-state index contributed by atoms with van der Waals surface area (Å²) in [6.45, 7) is 0. The zero-order chi connectivity index (χ0) is 12.3. The number of ether oxygens (including phenoxy) is 1. The topological polar surface area (TPSA) is 61.2 Å². The van der Waals surface area contributed by atoms with Gasteiger partial charge in [0.15, 0.2) is 5.69 Å². The van der Waals surface area contributed by atoms with E-state index in [1.165, 1.54) is 25.6 Å². The van der Waals surface area contributed by atoms with Crippen LogP contribution in [0.1, 0.15) is 42.6 Å². The predicted octanol–water partition coefficient (Wildman–Crippen LogP) is 1.27. The Morgan fingerprint density at radius 2 is 2.06 bits per heavy atom. The number of rotatable bonds is 2. The highest BCUT2D eigenvalue weighted by atomic mass is 16.5. The van der Waals surface area contributed by atoms with E-state index in [4.69, 9.17) is 4.74 Å². The van der Waals surface area contributed by atoms with E-state index in [1.807, 2.05) is 0 Å². The Bertz CT molecular complexity index is 461. The third-order valence-electron chi connectivity index (χ3n) is 3.00. The Hall–Kier alpha value is -1.65. The summed E-state index contributed by atoms with van der Waals surface area (Å²) in [7, 11) is 1.51. The van der Waals surface area contributed by atoms with Crippen molar-refractivity contribution in [3.63, 3.8) is 0 Å². The molecule has 5 heteroatoms. The van der Waals surface area contributed by atoms with Gasteiger partial charge < -0.3 is 4.74 Å². The quantitative estimate of drug-likeness (QED) is 0.725. The molecule has 1 fully saturated rings. The lowest BCUT2D eigenvalue weighted by atomic mass is 9.98. The van der Waals surface area contributed by atoms with Crippen LogP contribution >= 0.6 is 0 Å². The first kappa shape index (κ1) is 11.8. The fourth-order valence-corrected chi connectivity index (χ4v) is 2.01. The molecule has 0 aliphatic heterocycles. The third kappa shape index (κ3) is 2.93.